The Morgan fingerprint density at radius 2 is 1.96 bits per heavy atom. The van der Waals surface area contributed by atoms with Crippen molar-refractivity contribution >= 4 is 23.5 Å². The van der Waals surface area contributed by atoms with Crippen LogP contribution in [0.3, 0.4) is 0 Å². The number of carbonyl (C=O) groups excluding carboxylic acids is 3. The molecule has 7 nitrogen and oxygen atoms in total. The lowest BCUT2D eigenvalue weighted by Crippen LogP contribution is -2.44. The first-order chi connectivity index (χ1) is 11.9. The van der Waals surface area contributed by atoms with Crippen LogP contribution in [-0.2, 0) is 14.3 Å². The summed E-state index contributed by atoms with van der Waals surface area (Å²) in [6.07, 6.45) is -0.0176. The number of hydrogen-bond donors (Lipinski definition) is 1. The molecule has 0 saturated carbocycles. The van der Waals surface area contributed by atoms with Gasteiger partial charge in [-0.25, -0.2) is 4.79 Å². The number of methoxy groups -OCH3 is 1. The third-order valence-electron chi connectivity index (χ3n) is 4.26. The van der Waals surface area contributed by atoms with Gasteiger partial charge in [-0.05, 0) is 44.0 Å². The molecule has 1 aliphatic heterocycles. The number of anilines is 1. The van der Waals surface area contributed by atoms with Crippen LogP contribution >= 0.6 is 0 Å². The third-order valence-corrected chi connectivity index (χ3v) is 4.26. The van der Waals surface area contributed by atoms with Crippen LogP contribution in [0.15, 0.2) is 18.2 Å². The number of ketones is 1. The fraction of sp³-hybridized carbons (Fsp3) is 0.500. The predicted octanol–water partition coefficient (Wildman–Crippen LogP) is 2.24. The van der Waals surface area contributed by atoms with Crippen LogP contribution in [0, 0.1) is 0 Å². The van der Waals surface area contributed by atoms with Crippen molar-refractivity contribution in [1.82, 2.24) is 5.32 Å². The van der Waals surface area contributed by atoms with Crippen molar-refractivity contribution in [3.63, 3.8) is 0 Å². The van der Waals surface area contributed by atoms with Gasteiger partial charge in [0.25, 0.3) is 0 Å². The molecule has 1 aliphatic rings. The van der Waals surface area contributed by atoms with E-state index in [0.29, 0.717) is 24.4 Å². The van der Waals surface area contributed by atoms with Crippen molar-refractivity contribution in [2.24, 2.45) is 0 Å². The summed E-state index contributed by atoms with van der Waals surface area (Å²) >= 11 is 0. The maximum absolute atomic E-state index is 12.5. The minimum absolute atomic E-state index is 0.129. The molecule has 0 fully saturated rings. The largest absolute Gasteiger partial charge is 0.497 e. The van der Waals surface area contributed by atoms with Crippen molar-refractivity contribution in [2.45, 2.75) is 39.2 Å². The van der Waals surface area contributed by atoms with E-state index >= 15 is 0 Å². The molecule has 0 spiro atoms. The number of amides is 2. The number of rotatable bonds is 6. The van der Waals surface area contributed by atoms with Crippen LogP contribution in [0.25, 0.3) is 0 Å². The van der Waals surface area contributed by atoms with Crippen molar-refractivity contribution in [3.05, 3.63) is 23.8 Å². The summed E-state index contributed by atoms with van der Waals surface area (Å²) in [5.41, 5.74) is 1.49. The van der Waals surface area contributed by atoms with Gasteiger partial charge in [-0.2, -0.15) is 0 Å². The van der Waals surface area contributed by atoms with Gasteiger partial charge in [-0.1, -0.05) is 0 Å². The number of hydrogen-bond acceptors (Lipinski definition) is 5. The fourth-order valence-electron chi connectivity index (χ4n) is 3.26. The minimum Gasteiger partial charge on any atom is -0.497 e. The second-order valence-corrected chi connectivity index (χ2v) is 5.93. The molecule has 2 atom stereocenters. The van der Waals surface area contributed by atoms with Crippen LogP contribution < -0.4 is 15.0 Å². The molecule has 0 radical (unpaired) electrons. The van der Waals surface area contributed by atoms with Crippen LogP contribution in [-0.4, -0.2) is 44.1 Å². The van der Waals surface area contributed by atoms with Gasteiger partial charge < -0.3 is 14.8 Å². The summed E-state index contributed by atoms with van der Waals surface area (Å²) in [6.45, 7) is 5.27. The minimum atomic E-state index is -0.657. The Bertz CT molecular complexity index is 673. The normalized spacial score (nSPS) is 18.5. The zero-order chi connectivity index (χ0) is 18.6. The van der Waals surface area contributed by atoms with Gasteiger partial charge in [0.2, 0.25) is 5.91 Å². The molecule has 2 rings (SSSR count). The summed E-state index contributed by atoms with van der Waals surface area (Å²) in [4.78, 5) is 37.4. The molecule has 2 amide bonds. The van der Waals surface area contributed by atoms with Crippen LogP contribution in [0.4, 0.5) is 10.5 Å². The molecule has 25 heavy (non-hydrogen) atoms. The highest BCUT2D eigenvalue weighted by Gasteiger charge is 2.44. The van der Waals surface area contributed by atoms with E-state index in [4.69, 9.17) is 9.47 Å². The van der Waals surface area contributed by atoms with E-state index in [9.17, 15) is 14.4 Å². The van der Waals surface area contributed by atoms with E-state index < -0.39 is 12.1 Å². The number of Topliss-reactive ketones (excluding diaryl/α,β-unsaturated/α-hetero) is 1. The lowest BCUT2D eigenvalue weighted by Gasteiger charge is -2.26. The van der Waals surface area contributed by atoms with E-state index in [0.717, 1.165) is 5.56 Å². The smallest absolute Gasteiger partial charge is 0.414 e. The van der Waals surface area contributed by atoms with E-state index in [2.05, 4.69) is 5.32 Å². The zero-order valence-electron chi connectivity index (χ0n) is 15.0. The Morgan fingerprint density at radius 1 is 1.24 bits per heavy atom. The Hall–Kier alpha value is -2.57. The van der Waals surface area contributed by atoms with E-state index in [1.165, 1.54) is 18.7 Å². The van der Waals surface area contributed by atoms with Crippen LogP contribution in [0.5, 0.6) is 5.75 Å². The third kappa shape index (κ3) is 3.92. The summed E-state index contributed by atoms with van der Waals surface area (Å²) in [5.74, 6) is 0.150. The first kappa shape index (κ1) is 18.8. The first-order valence-electron chi connectivity index (χ1n) is 8.29. The Balaban J connectivity index is 2.43. The molecule has 0 bridgehead atoms. The Kier molecular flexibility index (Phi) is 6.01. The first-order valence-corrected chi connectivity index (χ1v) is 8.29. The van der Waals surface area contributed by atoms with Gasteiger partial charge in [0.05, 0.1) is 19.4 Å². The highest BCUT2D eigenvalue weighted by molar-refractivity contribution is 6.01. The fourth-order valence-corrected chi connectivity index (χ4v) is 3.26. The molecule has 136 valence electrons. The maximum Gasteiger partial charge on any atom is 0.414 e. The summed E-state index contributed by atoms with van der Waals surface area (Å²) < 4.78 is 10.4. The molecule has 7 heteroatoms. The van der Waals surface area contributed by atoms with Gasteiger partial charge in [-0.15, -0.1) is 0 Å². The van der Waals surface area contributed by atoms with Gasteiger partial charge in [0, 0.05) is 19.4 Å². The quantitative estimate of drug-likeness (QED) is 0.852. The van der Waals surface area contributed by atoms with Gasteiger partial charge in [0.15, 0.2) is 5.78 Å². The Morgan fingerprint density at radius 3 is 2.52 bits per heavy atom. The number of nitrogens with one attached hydrogen (secondary N) is 1. The van der Waals surface area contributed by atoms with Crippen molar-refractivity contribution in [3.8, 4) is 5.75 Å². The molecular formula is C18H24N2O5. The van der Waals surface area contributed by atoms with Gasteiger partial charge >= 0.3 is 6.09 Å². The number of fused-ring (bicyclic) bond motifs is 1. The lowest BCUT2D eigenvalue weighted by molar-refractivity contribution is -0.119. The number of ether oxygens (including phenoxy) is 2. The van der Waals surface area contributed by atoms with Crippen LogP contribution in [0.2, 0.25) is 0 Å². The summed E-state index contributed by atoms with van der Waals surface area (Å²) in [5, 5.41) is 2.74. The zero-order valence-corrected chi connectivity index (χ0v) is 15.0. The second-order valence-electron chi connectivity index (χ2n) is 5.93. The SMILES string of the molecule is CCOC(=O)N1c2ccc(OC)cc2C(CCNC(C)=O)C1C(C)=O. The highest BCUT2D eigenvalue weighted by Crippen LogP contribution is 2.45. The average molecular weight is 348 g/mol. The standard InChI is InChI=1S/C18H24N2O5/c1-5-25-18(23)20-16-7-6-13(24-4)10-15(16)14(17(20)11(2)21)8-9-19-12(3)22/h6-7,10,14,17H,5,8-9H2,1-4H3,(H,19,22). The summed E-state index contributed by atoms with van der Waals surface area (Å²) in [6, 6.07) is 4.69. The molecule has 1 aromatic rings. The molecule has 1 aromatic carbocycles. The molecular weight excluding hydrogens is 324 g/mol. The van der Waals surface area contributed by atoms with Gasteiger partial charge in [-0.3, -0.25) is 14.5 Å². The molecule has 2 unspecified atom stereocenters. The molecule has 1 heterocycles. The number of nitrogens with zero attached hydrogens (tertiary/aromatic N) is 1. The predicted molar refractivity (Wildman–Crippen MR) is 93.0 cm³/mol. The number of carbonyl (C=O) groups is 3. The lowest BCUT2D eigenvalue weighted by atomic mass is 9.89. The topological polar surface area (TPSA) is 84.9 Å². The van der Waals surface area contributed by atoms with E-state index in [1.807, 2.05) is 6.07 Å². The second kappa shape index (κ2) is 8.00. The monoisotopic (exact) mass is 348 g/mol. The van der Waals surface area contributed by atoms with Crippen LogP contribution in [0.1, 0.15) is 38.7 Å². The highest BCUT2D eigenvalue weighted by atomic mass is 16.6. The molecule has 0 aliphatic carbocycles. The van der Waals surface area contributed by atoms with Crippen molar-refractivity contribution in [1.29, 1.82) is 0 Å². The van der Waals surface area contributed by atoms with Gasteiger partial charge in [0.1, 0.15) is 11.8 Å². The average Bonchev–Trinajstić information content (AvgIpc) is 2.88. The summed E-state index contributed by atoms with van der Waals surface area (Å²) in [7, 11) is 1.56. The molecule has 1 N–H and O–H groups in total. The van der Waals surface area contributed by atoms with E-state index in [-0.39, 0.29) is 24.2 Å². The Labute approximate surface area is 147 Å². The maximum atomic E-state index is 12.5. The van der Waals surface area contributed by atoms with Crippen molar-refractivity contribution in [2.75, 3.05) is 25.2 Å². The molecule has 0 aromatic heterocycles. The van der Waals surface area contributed by atoms with Crippen molar-refractivity contribution < 1.29 is 23.9 Å². The van der Waals surface area contributed by atoms with E-state index in [1.54, 1.807) is 26.2 Å². The molecule has 0 saturated heterocycles. The number of benzene rings is 1.